The molecule has 2 N–H and O–H groups in total. The van der Waals surface area contributed by atoms with Crippen molar-refractivity contribution in [3.8, 4) is 0 Å². The molecule has 148 valence electrons. The van der Waals surface area contributed by atoms with Gasteiger partial charge in [0.15, 0.2) is 0 Å². The highest BCUT2D eigenvalue weighted by molar-refractivity contribution is 7.18. The fraction of sp³-hybridized carbons (Fsp3) is 0.500. The fourth-order valence-electron chi connectivity index (χ4n) is 4.05. The normalized spacial score (nSPS) is 14.8. The highest BCUT2D eigenvalue weighted by atomic mass is 32.1. The number of aromatic nitrogens is 3. The van der Waals surface area contributed by atoms with Gasteiger partial charge < -0.3 is 14.8 Å². The van der Waals surface area contributed by atoms with Crippen LogP contribution in [0.1, 0.15) is 65.5 Å². The summed E-state index contributed by atoms with van der Waals surface area (Å²) in [6.07, 6.45) is 4.95. The van der Waals surface area contributed by atoms with Gasteiger partial charge in [0.1, 0.15) is 16.4 Å². The molecule has 0 unspecified atom stereocenters. The predicted octanol–water partition coefficient (Wildman–Crippen LogP) is 3.28. The first-order valence-electron chi connectivity index (χ1n) is 9.69. The van der Waals surface area contributed by atoms with Crippen molar-refractivity contribution in [3.05, 3.63) is 43.6 Å². The molecule has 1 aliphatic carbocycles. The van der Waals surface area contributed by atoms with E-state index in [-0.39, 0.29) is 23.9 Å². The third-order valence-corrected chi connectivity index (χ3v) is 6.55. The van der Waals surface area contributed by atoms with E-state index in [2.05, 4.69) is 20.4 Å². The van der Waals surface area contributed by atoms with E-state index in [1.807, 2.05) is 20.8 Å². The van der Waals surface area contributed by atoms with Crippen LogP contribution >= 0.6 is 11.3 Å². The minimum Gasteiger partial charge on any atom is -0.361 e. The molecule has 28 heavy (non-hydrogen) atoms. The van der Waals surface area contributed by atoms with Gasteiger partial charge in [0.2, 0.25) is 5.91 Å². The van der Waals surface area contributed by atoms with Crippen molar-refractivity contribution in [3.63, 3.8) is 0 Å². The molecule has 3 heterocycles. The summed E-state index contributed by atoms with van der Waals surface area (Å²) < 4.78 is 5.17. The van der Waals surface area contributed by atoms with Crippen molar-refractivity contribution in [2.45, 2.75) is 65.3 Å². The quantitative estimate of drug-likeness (QED) is 0.684. The summed E-state index contributed by atoms with van der Waals surface area (Å²) in [5, 5.41) is 7.65. The topological polar surface area (TPSA) is 101 Å². The zero-order valence-corrected chi connectivity index (χ0v) is 17.2. The van der Waals surface area contributed by atoms with E-state index < -0.39 is 0 Å². The molecular weight excluding hydrogens is 376 g/mol. The average molecular weight is 401 g/mol. The first-order chi connectivity index (χ1) is 13.4. The lowest BCUT2D eigenvalue weighted by atomic mass is 9.97. The molecule has 0 saturated heterocycles. The molecule has 0 aliphatic heterocycles. The molecule has 1 atom stereocenters. The lowest BCUT2D eigenvalue weighted by molar-refractivity contribution is -0.121. The van der Waals surface area contributed by atoms with Gasteiger partial charge in [-0.1, -0.05) is 5.16 Å². The van der Waals surface area contributed by atoms with Gasteiger partial charge in [-0.05, 0) is 52.0 Å². The molecule has 7 nitrogen and oxygen atoms in total. The van der Waals surface area contributed by atoms with Crippen LogP contribution in [0.25, 0.3) is 10.2 Å². The molecule has 3 aromatic rings. The van der Waals surface area contributed by atoms with Crippen LogP contribution in [0.5, 0.6) is 0 Å². The standard InChI is InChI=1S/C20H24N4O3S/c1-10(17-11(2)24-27-12(17)3)21-16(25)9-8-15-22-19(26)18-13-6-4-5-7-14(13)28-20(18)23-15/h10H,4-9H2,1-3H3,(H,21,25)(H,22,23,26)/t10-/m0/s1. The Labute approximate surface area is 166 Å². The highest BCUT2D eigenvalue weighted by Gasteiger charge is 2.21. The van der Waals surface area contributed by atoms with E-state index in [9.17, 15) is 9.59 Å². The Bertz CT molecular complexity index is 1080. The van der Waals surface area contributed by atoms with E-state index in [0.29, 0.717) is 18.0 Å². The van der Waals surface area contributed by atoms with Crippen molar-refractivity contribution in [2.24, 2.45) is 0 Å². The number of aryl methyl sites for hydroxylation is 5. The van der Waals surface area contributed by atoms with Crippen LogP contribution in [-0.4, -0.2) is 21.0 Å². The Morgan fingerprint density at radius 2 is 2.11 bits per heavy atom. The summed E-state index contributed by atoms with van der Waals surface area (Å²) >= 11 is 1.63. The van der Waals surface area contributed by atoms with Crippen molar-refractivity contribution < 1.29 is 9.32 Å². The number of H-pyrrole nitrogens is 1. The second-order valence-electron chi connectivity index (χ2n) is 7.43. The zero-order chi connectivity index (χ0) is 19.8. The lowest BCUT2D eigenvalue weighted by Crippen LogP contribution is -2.27. The van der Waals surface area contributed by atoms with E-state index in [1.165, 1.54) is 16.9 Å². The summed E-state index contributed by atoms with van der Waals surface area (Å²) in [6, 6.07) is -0.183. The average Bonchev–Trinajstić information content (AvgIpc) is 3.19. The molecule has 0 bridgehead atoms. The van der Waals surface area contributed by atoms with Crippen molar-refractivity contribution in [2.75, 3.05) is 0 Å². The van der Waals surface area contributed by atoms with Crippen LogP contribution in [-0.2, 0) is 24.1 Å². The highest BCUT2D eigenvalue weighted by Crippen LogP contribution is 2.33. The van der Waals surface area contributed by atoms with Gasteiger partial charge in [0, 0.05) is 23.3 Å². The minimum atomic E-state index is -0.183. The second kappa shape index (κ2) is 7.50. The van der Waals surface area contributed by atoms with Crippen LogP contribution in [0.3, 0.4) is 0 Å². The second-order valence-corrected chi connectivity index (χ2v) is 8.51. The van der Waals surface area contributed by atoms with Gasteiger partial charge in [0.25, 0.3) is 5.56 Å². The molecule has 1 amide bonds. The molecular formula is C20H24N4O3S. The number of nitrogens with zero attached hydrogens (tertiary/aromatic N) is 2. The number of carbonyl (C=O) groups is 1. The summed E-state index contributed by atoms with van der Waals surface area (Å²) in [7, 11) is 0. The number of thiophene rings is 1. The van der Waals surface area contributed by atoms with Crippen LogP contribution < -0.4 is 10.9 Å². The van der Waals surface area contributed by atoms with E-state index >= 15 is 0 Å². The van der Waals surface area contributed by atoms with Crippen LogP contribution in [0.4, 0.5) is 0 Å². The first kappa shape index (κ1) is 18.9. The molecule has 0 radical (unpaired) electrons. The number of aromatic amines is 1. The minimum absolute atomic E-state index is 0.0797. The van der Waals surface area contributed by atoms with Gasteiger partial charge in [-0.3, -0.25) is 9.59 Å². The number of amides is 1. The monoisotopic (exact) mass is 400 g/mol. The number of carbonyl (C=O) groups excluding carboxylic acids is 1. The Hall–Kier alpha value is -2.48. The fourth-order valence-corrected chi connectivity index (χ4v) is 5.33. The van der Waals surface area contributed by atoms with Gasteiger partial charge in [-0.15, -0.1) is 11.3 Å². The molecule has 0 fully saturated rings. The molecule has 3 aromatic heterocycles. The van der Waals surface area contributed by atoms with Crippen molar-refractivity contribution >= 4 is 27.5 Å². The van der Waals surface area contributed by atoms with E-state index in [4.69, 9.17) is 4.52 Å². The lowest BCUT2D eigenvalue weighted by Gasteiger charge is -2.13. The van der Waals surface area contributed by atoms with Crippen molar-refractivity contribution in [1.82, 2.24) is 20.4 Å². The number of nitrogens with one attached hydrogen (secondary N) is 2. The van der Waals surface area contributed by atoms with Gasteiger partial charge in [-0.25, -0.2) is 4.98 Å². The summed E-state index contributed by atoms with van der Waals surface area (Å²) in [5.74, 6) is 1.18. The molecule has 0 saturated carbocycles. The van der Waals surface area contributed by atoms with E-state index in [0.717, 1.165) is 40.7 Å². The third kappa shape index (κ3) is 3.48. The summed E-state index contributed by atoms with van der Waals surface area (Å²) in [4.78, 5) is 34.6. The first-order valence-corrected chi connectivity index (χ1v) is 10.5. The van der Waals surface area contributed by atoms with Gasteiger partial charge in [0.05, 0.1) is 17.1 Å². The predicted molar refractivity (Wildman–Crippen MR) is 108 cm³/mol. The largest absolute Gasteiger partial charge is 0.361 e. The molecule has 1 aliphatic rings. The smallest absolute Gasteiger partial charge is 0.259 e. The van der Waals surface area contributed by atoms with E-state index in [1.54, 1.807) is 11.3 Å². The van der Waals surface area contributed by atoms with Crippen LogP contribution in [0.15, 0.2) is 9.32 Å². The number of fused-ring (bicyclic) bond motifs is 3. The SMILES string of the molecule is Cc1noc(C)c1[C@H](C)NC(=O)CCc1nc2sc3c(c2c(=O)[nH]1)CCCC3. The van der Waals surface area contributed by atoms with Crippen LogP contribution in [0.2, 0.25) is 0 Å². The van der Waals surface area contributed by atoms with Crippen LogP contribution in [0, 0.1) is 13.8 Å². The maximum absolute atomic E-state index is 12.6. The Morgan fingerprint density at radius 1 is 1.32 bits per heavy atom. The molecule has 0 aromatic carbocycles. The van der Waals surface area contributed by atoms with Gasteiger partial charge in [-0.2, -0.15) is 0 Å². The van der Waals surface area contributed by atoms with Crippen molar-refractivity contribution in [1.29, 1.82) is 0 Å². The molecule has 8 heteroatoms. The van der Waals surface area contributed by atoms with Gasteiger partial charge >= 0.3 is 0 Å². The number of rotatable bonds is 5. The Balaban J connectivity index is 1.45. The Morgan fingerprint density at radius 3 is 2.86 bits per heavy atom. The third-order valence-electron chi connectivity index (χ3n) is 5.36. The summed E-state index contributed by atoms with van der Waals surface area (Å²) in [6.45, 7) is 5.61. The summed E-state index contributed by atoms with van der Waals surface area (Å²) in [5.41, 5.74) is 2.79. The molecule has 4 rings (SSSR count). The Kier molecular flexibility index (Phi) is 5.05. The zero-order valence-electron chi connectivity index (χ0n) is 16.3. The maximum Gasteiger partial charge on any atom is 0.259 e. The number of hydrogen-bond donors (Lipinski definition) is 2. The maximum atomic E-state index is 12.6. The number of hydrogen-bond acceptors (Lipinski definition) is 6. The molecule has 0 spiro atoms.